The van der Waals surface area contributed by atoms with Crippen LogP contribution in [0.15, 0.2) is 35.7 Å². The molecule has 1 unspecified atom stereocenters. The molecular formula is C18H22N2S. The predicted molar refractivity (Wildman–Crippen MR) is 88.6 cm³/mol. The van der Waals surface area contributed by atoms with Crippen molar-refractivity contribution in [2.24, 2.45) is 5.73 Å². The molecule has 1 aliphatic heterocycles. The summed E-state index contributed by atoms with van der Waals surface area (Å²) >= 11 is 1.90. The lowest BCUT2D eigenvalue weighted by Crippen LogP contribution is -2.37. The molecule has 1 aliphatic carbocycles. The first-order valence-corrected chi connectivity index (χ1v) is 8.83. The Morgan fingerprint density at radius 3 is 2.90 bits per heavy atom. The second kappa shape index (κ2) is 5.56. The van der Waals surface area contributed by atoms with E-state index in [2.05, 4.69) is 40.6 Å². The summed E-state index contributed by atoms with van der Waals surface area (Å²) in [7, 11) is 0. The van der Waals surface area contributed by atoms with Crippen LogP contribution >= 0.6 is 11.3 Å². The summed E-state index contributed by atoms with van der Waals surface area (Å²) in [5.41, 5.74) is 10.7. The number of benzene rings is 1. The van der Waals surface area contributed by atoms with Crippen molar-refractivity contribution in [3.63, 3.8) is 0 Å². The number of nitrogens with two attached hydrogens (primary N) is 1. The zero-order valence-corrected chi connectivity index (χ0v) is 13.1. The second-order valence-electron chi connectivity index (χ2n) is 6.24. The van der Waals surface area contributed by atoms with E-state index >= 15 is 0 Å². The number of thiophene rings is 1. The first-order valence-electron chi connectivity index (χ1n) is 7.95. The molecule has 3 heteroatoms. The van der Waals surface area contributed by atoms with Crippen LogP contribution in [-0.4, -0.2) is 18.0 Å². The molecule has 1 atom stereocenters. The minimum absolute atomic E-state index is 0.370. The van der Waals surface area contributed by atoms with Crippen molar-refractivity contribution in [3.8, 4) is 0 Å². The molecule has 2 aliphatic rings. The van der Waals surface area contributed by atoms with Gasteiger partial charge in [0, 0.05) is 30.6 Å². The van der Waals surface area contributed by atoms with Gasteiger partial charge < -0.3 is 5.73 Å². The van der Waals surface area contributed by atoms with E-state index in [1.54, 1.807) is 10.4 Å². The van der Waals surface area contributed by atoms with Gasteiger partial charge in [-0.1, -0.05) is 24.3 Å². The molecule has 2 heterocycles. The molecule has 2 aromatic rings. The van der Waals surface area contributed by atoms with E-state index in [9.17, 15) is 0 Å². The van der Waals surface area contributed by atoms with Gasteiger partial charge in [-0.25, -0.2) is 0 Å². The molecule has 0 spiro atoms. The van der Waals surface area contributed by atoms with Gasteiger partial charge in [-0.2, -0.15) is 0 Å². The van der Waals surface area contributed by atoms with E-state index in [0.29, 0.717) is 12.6 Å². The SMILES string of the molecule is NCC(c1ccccc1C1CC1)N1CCc2sccc2C1. The van der Waals surface area contributed by atoms with Crippen molar-refractivity contribution in [1.82, 2.24) is 4.90 Å². The quantitative estimate of drug-likeness (QED) is 0.933. The summed E-state index contributed by atoms with van der Waals surface area (Å²) < 4.78 is 0. The standard InChI is InChI=1S/C18H22N2S/c19-11-17(16-4-2-1-3-15(16)13-5-6-13)20-9-7-18-14(12-20)8-10-21-18/h1-4,8,10,13,17H,5-7,9,11-12,19H2. The number of fused-ring (bicyclic) bond motifs is 1. The van der Waals surface area contributed by atoms with Gasteiger partial charge in [-0.3, -0.25) is 4.90 Å². The fraction of sp³-hybridized carbons (Fsp3) is 0.444. The first kappa shape index (κ1) is 13.5. The van der Waals surface area contributed by atoms with E-state index in [4.69, 9.17) is 5.73 Å². The molecule has 1 aromatic carbocycles. The number of hydrogen-bond acceptors (Lipinski definition) is 3. The van der Waals surface area contributed by atoms with Gasteiger partial charge in [-0.05, 0) is 53.3 Å². The highest BCUT2D eigenvalue weighted by Gasteiger charge is 2.31. The highest BCUT2D eigenvalue weighted by atomic mass is 32.1. The van der Waals surface area contributed by atoms with E-state index in [1.807, 2.05) is 11.3 Å². The summed E-state index contributed by atoms with van der Waals surface area (Å²) in [5.74, 6) is 0.789. The number of rotatable bonds is 4. The zero-order valence-electron chi connectivity index (χ0n) is 12.3. The molecule has 110 valence electrons. The molecule has 21 heavy (non-hydrogen) atoms. The maximum atomic E-state index is 6.18. The van der Waals surface area contributed by atoms with Crippen LogP contribution in [0.3, 0.4) is 0 Å². The fourth-order valence-electron chi connectivity index (χ4n) is 3.59. The average Bonchev–Trinajstić information content (AvgIpc) is 3.26. The van der Waals surface area contributed by atoms with Crippen LogP contribution in [0.5, 0.6) is 0 Å². The Bertz CT molecular complexity index is 630. The largest absolute Gasteiger partial charge is 0.329 e. The van der Waals surface area contributed by atoms with Crippen LogP contribution in [0.25, 0.3) is 0 Å². The molecule has 0 radical (unpaired) electrons. The molecule has 2 nitrogen and oxygen atoms in total. The molecule has 1 aromatic heterocycles. The van der Waals surface area contributed by atoms with Crippen molar-refractivity contribution >= 4 is 11.3 Å². The van der Waals surface area contributed by atoms with E-state index in [1.165, 1.54) is 30.4 Å². The van der Waals surface area contributed by atoms with E-state index in [0.717, 1.165) is 19.0 Å². The highest BCUT2D eigenvalue weighted by Crippen LogP contribution is 2.44. The van der Waals surface area contributed by atoms with Gasteiger partial charge in [0.1, 0.15) is 0 Å². The Balaban J connectivity index is 1.63. The third-order valence-electron chi connectivity index (χ3n) is 4.87. The molecule has 1 fully saturated rings. The number of hydrogen-bond donors (Lipinski definition) is 1. The smallest absolute Gasteiger partial charge is 0.0476 e. The van der Waals surface area contributed by atoms with Crippen molar-refractivity contribution in [3.05, 3.63) is 57.3 Å². The summed E-state index contributed by atoms with van der Waals surface area (Å²) in [6.45, 7) is 2.90. The second-order valence-corrected chi connectivity index (χ2v) is 7.24. The molecule has 0 amide bonds. The Labute approximate surface area is 130 Å². The lowest BCUT2D eigenvalue weighted by Gasteiger charge is -2.35. The van der Waals surface area contributed by atoms with Crippen LogP contribution in [-0.2, 0) is 13.0 Å². The lowest BCUT2D eigenvalue weighted by atomic mass is 9.94. The Kier molecular flexibility index (Phi) is 3.57. The van der Waals surface area contributed by atoms with Gasteiger partial charge in [0.2, 0.25) is 0 Å². The summed E-state index contributed by atoms with van der Waals surface area (Å²) in [5, 5.41) is 2.23. The maximum absolute atomic E-state index is 6.18. The minimum Gasteiger partial charge on any atom is -0.329 e. The first-order chi connectivity index (χ1) is 10.4. The van der Waals surface area contributed by atoms with Gasteiger partial charge in [0.25, 0.3) is 0 Å². The van der Waals surface area contributed by atoms with Gasteiger partial charge in [0.05, 0.1) is 0 Å². The minimum atomic E-state index is 0.370. The lowest BCUT2D eigenvalue weighted by molar-refractivity contribution is 0.184. The third kappa shape index (κ3) is 2.54. The Morgan fingerprint density at radius 1 is 1.24 bits per heavy atom. The molecule has 0 bridgehead atoms. The van der Waals surface area contributed by atoms with Crippen LogP contribution in [0.1, 0.15) is 46.4 Å². The van der Waals surface area contributed by atoms with Crippen molar-refractivity contribution < 1.29 is 0 Å². The van der Waals surface area contributed by atoms with Crippen LogP contribution in [0.4, 0.5) is 0 Å². The van der Waals surface area contributed by atoms with Gasteiger partial charge >= 0.3 is 0 Å². The molecule has 2 N–H and O–H groups in total. The topological polar surface area (TPSA) is 29.3 Å². The van der Waals surface area contributed by atoms with E-state index < -0.39 is 0 Å². The molecule has 4 rings (SSSR count). The predicted octanol–water partition coefficient (Wildman–Crippen LogP) is 3.68. The van der Waals surface area contributed by atoms with Crippen molar-refractivity contribution in [2.75, 3.05) is 13.1 Å². The number of nitrogens with zero attached hydrogens (tertiary/aromatic N) is 1. The zero-order chi connectivity index (χ0) is 14.2. The molecular weight excluding hydrogens is 276 g/mol. The summed E-state index contributed by atoms with van der Waals surface area (Å²) in [6, 6.07) is 11.6. The molecule has 0 saturated heterocycles. The average molecular weight is 298 g/mol. The van der Waals surface area contributed by atoms with Crippen molar-refractivity contribution in [1.29, 1.82) is 0 Å². The normalized spacial score (nSPS) is 20.2. The van der Waals surface area contributed by atoms with Crippen LogP contribution < -0.4 is 5.73 Å². The third-order valence-corrected chi connectivity index (χ3v) is 5.90. The fourth-order valence-corrected chi connectivity index (χ4v) is 4.48. The highest BCUT2D eigenvalue weighted by molar-refractivity contribution is 7.10. The van der Waals surface area contributed by atoms with Crippen LogP contribution in [0.2, 0.25) is 0 Å². The maximum Gasteiger partial charge on any atom is 0.0476 e. The van der Waals surface area contributed by atoms with E-state index in [-0.39, 0.29) is 0 Å². The monoisotopic (exact) mass is 298 g/mol. The van der Waals surface area contributed by atoms with Crippen molar-refractivity contribution in [2.45, 2.75) is 37.8 Å². The Morgan fingerprint density at radius 2 is 2.10 bits per heavy atom. The summed E-state index contributed by atoms with van der Waals surface area (Å²) in [4.78, 5) is 4.15. The molecule has 1 saturated carbocycles. The van der Waals surface area contributed by atoms with Gasteiger partial charge in [0.15, 0.2) is 0 Å². The van der Waals surface area contributed by atoms with Crippen LogP contribution in [0, 0.1) is 0 Å². The summed E-state index contributed by atoms with van der Waals surface area (Å²) in [6.07, 6.45) is 3.88. The van der Waals surface area contributed by atoms with Gasteiger partial charge in [-0.15, -0.1) is 11.3 Å². The Hall–Kier alpha value is -1.16.